The monoisotopic (exact) mass is 352 g/mol. The molecule has 6 heteroatoms. The quantitative estimate of drug-likeness (QED) is 0.333. The first-order chi connectivity index (χ1) is 12.2. The summed E-state index contributed by atoms with van der Waals surface area (Å²) in [6.45, 7) is 3.48. The lowest BCUT2D eigenvalue weighted by Gasteiger charge is -2.34. The molecule has 0 radical (unpaired) electrons. The molecule has 1 saturated heterocycles. The molecule has 1 aliphatic carbocycles. The van der Waals surface area contributed by atoms with Gasteiger partial charge in [0.2, 0.25) is 5.91 Å². The van der Waals surface area contributed by atoms with Crippen molar-refractivity contribution in [1.29, 1.82) is 0 Å². The number of hydrogen-bond acceptors (Lipinski definition) is 3. The molecular weight excluding hydrogens is 316 g/mol. The minimum atomic E-state index is 0.150. The molecule has 0 spiro atoms. The van der Waals surface area contributed by atoms with Gasteiger partial charge in [-0.2, -0.15) is 0 Å². The number of carbonyl (C=O) groups excluding carboxylic acids is 1. The van der Waals surface area contributed by atoms with Gasteiger partial charge < -0.3 is 20.3 Å². The van der Waals surface area contributed by atoms with Crippen molar-refractivity contribution in [2.24, 2.45) is 10.9 Å². The lowest BCUT2D eigenvalue weighted by atomic mass is 9.93. The van der Waals surface area contributed by atoms with Gasteiger partial charge in [-0.1, -0.05) is 25.7 Å². The van der Waals surface area contributed by atoms with Crippen molar-refractivity contribution < 1.29 is 9.53 Å². The third kappa shape index (κ3) is 7.22. The molecule has 1 saturated carbocycles. The van der Waals surface area contributed by atoms with Crippen LogP contribution < -0.4 is 10.6 Å². The predicted molar refractivity (Wildman–Crippen MR) is 102 cm³/mol. The summed E-state index contributed by atoms with van der Waals surface area (Å²) < 4.78 is 6.04. The predicted octanol–water partition coefficient (Wildman–Crippen LogP) is 2.15. The zero-order valence-electron chi connectivity index (χ0n) is 16.1. The molecule has 6 nitrogen and oxygen atoms in total. The van der Waals surface area contributed by atoms with Crippen molar-refractivity contribution in [2.45, 2.75) is 63.9 Å². The van der Waals surface area contributed by atoms with Crippen LogP contribution in [0.15, 0.2) is 4.99 Å². The van der Waals surface area contributed by atoms with Crippen molar-refractivity contribution in [3.8, 4) is 0 Å². The van der Waals surface area contributed by atoms with Crippen LogP contribution in [-0.4, -0.2) is 63.2 Å². The minimum absolute atomic E-state index is 0.150. The number of carbonyl (C=O) groups is 1. The van der Waals surface area contributed by atoms with E-state index < -0.39 is 0 Å². The number of rotatable bonds is 6. The second-order valence-corrected chi connectivity index (χ2v) is 7.27. The van der Waals surface area contributed by atoms with Crippen LogP contribution in [0.3, 0.4) is 0 Å². The second-order valence-electron chi connectivity index (χ2n) is 7.27. The van der Waals surface area contributed by atoms with Crippen LogP contribution >= 0.6 is 0 Å². The number of nitrogens with zero attached hydrogens (tertiary/aromatic N) is 2. The first kappa shape index (κ1) is 20.0. The first-order valence-corrected chi connectivity index (χ1v) is 10.0. The summed E-state index contributed by atoms with van der Waals surface area (Å²) in [6.07, 6.45) is 11.0. The van der Waals surface area contributed by atoms with Gasteiger partial charge in [0.25, 0.3) is 0 Å². The Hall–Kier alpha value is -1.30. The number of amides is 1. The van der Waals surface area contributed by atoms with Gasteiger partial charge in [0.1, 0.15) is 0 Å². The second kappa shape index (κ2) is 11.3. The Kier molecular flexibility index (Phi) is 9.08. The van der Waals surface area contributed by atoms with Gasteiger partial charge in [0.05, 0.1) is 12.7 Å². The number of guanidine groups is 1. The standard InChI is InChI=1S/C19H36N4O2/c1-20-18(24)15-16-9-12-23(13-10-16)19(21-2)22-11-14-25-17-7-5-3-4-6-8-17/h16-17H,3-15H2,1-2H3,(H,20,24)(H,21,22). The van der Waals surface area contributed by atoms with Crippen molar-refractivity contribution in [3.63, 3.8) is 0 Å². The molecule has 0 aromatic carbocycles. The van der Waals surface area contributed by atoms with E-state index in [-0.39, 0.29) is 5.91 Å². The molecule has 2 fully saturated rings. The Labute approximate surface area is 152 Å². The molecule has 0 unspecified atom stereocenters. The molecular formula is C19H36N4O2. The van der Waals surface area contributed by atoms with E-state index in [0.717, 1.165) is 45.0 Å². The van der Waals surface area contributed by atoms with E-state index in [4.69, 9.17) is 4.74 Å². The number of aliphatic imine (C=N–C) groups is 1. The maximum absolute atomic E-state index is 11.5. The fourth-order valence-corrected chi connectivity index (χ4v) is 3.84. The SMILES string of the molecule is CN=C(NCCOC1CCCCCC1)N1CCC(CC(=O)NC)CC1. The van der Waals surface area contributed by atoms with Gasteiger partial charge in [-0.3, -0.25) is 9.79 Å². The first-order valence-electron chi connectivity index (χ1n) is 10.0. The third-order valence-electron chi connectivity index (χ3n) is 5.42. The van der Waals surface area contributed by atoms with Crippen LogP contribution in [-0.2, 0) is 9.53 Å². The summed E-state index contributed by atoms with van der Waals surface area (Å²) in [7, 11) is 3.55. The fourth-order valence-electron chi connectivity index (χ4n) is 3.84. The summed E-state index contributed by atoms with van der Waals surface area (Å²) in [5.74, 6) is 1.60. The molecule has 1 amide bonds. The van der Waals surface area contributed by atoms with E-state index in [0.29, 0.717) is 18.4 Å². The smallest absolute Gasteiger partial charge is 0.220 e. The van der Waals surface area contributed by atoms with Crippen LogP contribution in [0, 0.1) is 5.92 Å². The molecule has 1 aliphatic heterocycles. The van der Waals surface area contributed by atoms with Gasteiger partial charge in [-0.05, 0) is 31.6 Å². The van der Waals surface area contributed by atoms with Gasteiger partial charge in [-0.15, -0.1) is 0 Å². The van der Waals surface area contributed by atoms with Gasteiger partial charge in [-0.25, -0.2) is 0 Å². The highest BCUT2D eigenvalue weighted by Gasteiger charge is 2.23. The molecule has 25 heavy (non-hydrogen) atoms. The molecule has 2 N–H and O–H groups in total. The average molecular weight is 353 g/mol. The van der Waals surface area contributed by atoms with Crippen molar-refractivity contribution >= 4 is 11.9 Å². The molecule has 2 rings (SSSR count). The number of hydrogen-bond donors (Lipinski definition) is 2. The summed E-state index contributed by atoms with van der Waals surface area (Å²) in [6, 6.07) is 0. The molecule has 0 bridgehead atoms. The van der Waals surface area contributed by atoms with Gasteiger partial charge in [0, 0.05) is 40.2 Å². The van der Waals surface area contributed by atoms with Crippen molar-refractivity contribution in [1.82, 2.24) is 15.5 Å². The number of piperidine rings is 1. The maximum Gasteiger partial charge on any atom is 0.220 e. The average Bonchev–Trinajstić information content (AvgIpc) is 2.91. The van der Waals surface area contributed by atoms with Crippen LogP contribution in [0.5, 0.6) is 0 Å². The van der Waals surface area contributed by atoms with E-state index in [1.165, 1.54) is 38.5 Å². The zero-order valence-corrected chi connectivity index (χ0v) is 16.1. The van der Waals surface area contributed by atoms with E-state index in [1.54, 1.807) is 7.05 Å². The Morgan fingerprint density at radius 1 is 1.12 bits per heavy atom. The highest BCUT2D eigenvalue weighted by Crippen LogP contribution is 2.21. The van der Waals surface area contributed by atoms with Crippen LogP contribution in [0.25, 0.3) is 0 Å². The largest absolute Gasteiger partial charge is 0.376 e. The highest BCUT2D eigenvalue weighted by atomic mass is 16.5. The Morgan fingerprint density at radius 2 is 1.80 bits per heavy atom. The lowest BCUT2D eigenvalue weighted by Crippen LogP contribution is -2.46. The van der Waals surface area contributed by atoms with E-state index in [9.17, 15) is 4.79 Å². The number of nitrogens with one attached hydrogen (secondary N) is 2. The maximum atomic E-state index is 11.5. The topological polar surface area (TPSA) is 66.0 Å². The summed E-state index contributed by atoms with van der Waals surface area (Å²) in [5.41, 5.74) is 0. The Bertz CT molecular complexity index is 412. The van der Waals surface area contributed by atoms with Crippen LogP contribution in [0.2, 0.25) is 0 Å². The lowest BCUT2D eigenvalue weighted by molar-refractivity contribution is -0.121. The molecule has 1 heterocycles. The summed E-state index contributed by atoms with van der Waals surface area (Å²) >= 11 is 0. The molecule has 0 atom stereocenters. The van der Waals surface area contributed by atoms with E-state index in [1.807, 2.05) is 7.05 Å². The molecule has 2 aliphatic rings. The minimum Gasteiger partial charge on any atom is -0.376 e. The highest BCUT2D eigenvalue weighted by molar-refractivity contribution is 5.80. The normalized spacial score (nSPS) is 21.0. The van der Waals surface area contributed by atoms with Crippen molar-refractivity contribution in [2.75, 3.05) is 40.3 Å². The van der Waals surface area contributed by atoms with Gasteiger partial charge >= 0.3 is 0 Å². The van der Waals surface area contributed by atoms with Crippen LogP contribution in [0.1, 0.15) is 57.8 Å². The van der Waals surface area contributed by atoms with Crippen molar-refractivity contribution in [3.05, 3.63) is 0 Å². The zero-order chi connectivity index (χ0) is 17.9. The fraction of sp³-hybridized carbons (Fsp3) is 0.895. The number of ether oxygens (including phenoxy) is 1. The summed E-state index contributed by atoms with van der Waals surface area (Å²) in [5, 5.41) is 6.15. The Balaban J connectivity index is 1.63. The summed E-state index contributed by atoms with van der Waals surface area (Å²) in [4.78, 5) is 18.2. The molecule has 0 aromatic rings. The Morgan fingerprint density at radius 3 is 2.40 bits per heavy atom. The number of likely N-dealkylation sites (tertiary alicyclic amines) is 1. The van der Waals surface area contributed by atoms with E-state index in [2.05, 4.69) is 20.5 Å². The molecule has 0 aromatic heterocycles. The van der Waals surface area contributed by atoms with Gasteiger partial charge in [0.15, 0.2) is 5.96 Å². The molecule has 144 valence electrons. The van der Waals surface area contributed by atoms with E-state index >= 15 is 0 Å². The third-order valence-corrected chi connectivity index (χ3v) is 5.42. The van der Waals surface area contributed by atoms with Crippen LogP contribution in [0.4, 0.5) is 0 Å².